The van der Waals surface area contributed by atoms with Crippen molar-refractivity contribution in [2.24, 2.45) is 5.73 Å². The van der Waals surface area contributed by atoms with E-state index in [9.17, 15) is 9.18 Å². The van der Waals surface area contributed by atoms with Crippen LogP contribution in [0.2, 0.25) is 0 Å². The minimum Gasteiger partial charge on any atom is -0.340 e. The molecule has 1 aliphatic rings. The Morgan fingerprint density at radius 2 is 1.88 bits per heavy atom. The highest BCUT2D eigenvalue weighted by molar-refractivity contribution is 7.13. The second-order valence-corrected chi connectivity index (χ2v) is 6.70. The number of piperazine rings is 1. The molecule has 0 spiro atoms. The molecule has 0 bridgehead atoms. The Kier molecular flexibility index (Phi) is 7.31. The normalized spacial score (nSPS) is 15.0. The molecule has 5 nitrogen and oxygen atoms in total. The van der Waals surface area contributed by atoms with E-state index in [2.05, 4.69) is 9.88 Å². The maximum Gasteiger partial charge on any atom is 0.223 e. The first-order valence-corrected chi connectivity index (χ1v) is 8.94. The summed E-state index contributed by atoms with van der Waals surface area (Å²) >= 11 is 1.57. The van der Waals surface area contributed by atoms with Crippen LogP contribution >= 0.6 is 23.7 Å². The van der Waals surface area contributed by atoms with Crippen molar-refractivity contribution < 1.29 is 9.18 Å². The number of nitrogens with two attached hydrogens (primary N) is 1. The van der Waals surface area contributed by atoms with Gasteiger partial charge in [0.05, 0.1) is 5.69 Å². The molecule has 8 heteroatoms. The fraction of sp³-hybridized carbons (Fsp3) is 0.412. The lowest BCUT2D eigenvalue weighted by molar-refractivity contribution is -0.132. The summed E-state index contributed by atoms with van der Waals surface area (Å²) in [6.45, 7) is 4.36. The first-order valence-electron chi connectivity index (χ1n) is 8.06. The zero-order valence-electron chi connectivity index (χ0n) is 13.9. The molecule has 1 aliphatic heterocycles. The summed E-state index contributed by atoms with van der Waals surface area (Å²) in [5, 5.41) is 2.95. The molecule has 0 radical (unpaired) electrons. The predicted octanol–water partition coefficient (Wildman–Crippen LogP) is 2.36. The van der Waals surface area contributed by atoms with Gasteiger partial charge >= 0.3 is 0 Å². The molecule has 3 rings (SSSR count). The Morgan fingerprint density at radius 3 is 2.52 bits per heavy atom. The van der Waals surface area contributed by atoms with Crippen molar-refractivity contribution >= 4 is 29.7 Å². The average Bonchev–Trinajstić information content (AvgIpc) is 3.05. The minimum atomic E-state index is -0.238. The van der Waals surface area contributed by atoms with Crippen LogP contribution in [0.1, 0.15) is 12.1 Å². The Labute approximate surface area is 157 Å². The summed E-state index contributed by atoms with van der Waals surface area (Å²) in [5.41, 5.74) is 7.39. The number of halogens is 2. The maximum atomic E-state index is 13.0. The molecule has 0 unspecified atom stereocenters. The van der Waals surface area contributed by atoms with Crippen molar-refractivity contribution in [2.75, 3.05) is 32.7 Å². The van der Waals surface area contributed by atoms with Gasteiger partial charge in [0, 0.05) is 56.6 Å². The molecule has 1 aromatic carbocycles. The highest BCUT2D eigenvalue weighted by atomic mass is 35.5. The van der Waals surface area contributed by atoms with Gasteiger partial charge in [0.25, 0.3) is 0 Å². The Bertz CT molecular complexity index is 686. The SMILES string of the molecule is Cl.NCCC(=O)N1CCN(Cc2csc(-c3ccc(F)cc3)n2)CC1. The van der Waals surface area contributed by atoms with Gasteiger partial charge < -0.3 is 10.6 Å². The number of carbonyl (C=O) groups excluding carboxylic acids is 1. The molecule has 2 N–H and O–H groups in total. The van der Waals surface area contributed by atoms with Crippen LogP contribution in [0.5, 0.6) is 0 Å². The number of nitrogens with zero attached hydrogens (tertiary/aromatic N) is 3. The van der Waals surface area contributed by atoms with Crippen LogP contribution in [-0.4, -0.2) is 53.4 Å². The third kappa shape index (κ3) is 5.22. The summed E-state index contributed by atoms with van der Waals surface area (Å²) in [4.78, 5) is 20.7. The predicted molar refractivity (Wildman–Crippen MR) is 100 cm³/mol. The van der Waals surface area contributed by atoms with Crippen LogP contribution in [-0.2, 0) is 11.3 Å². The van der Waals surface area contributed by atoms with Gasteiger partial charge in [0.2, 0.25) is 5.91 Å². The van der Waals surface area contributed by atoms with Gasteiger partial charge in [0.1, 0.15) is 10.8 Å². The standard InChI is InChI=1S/C17H21FN4OS.ClH/c18-14-3-1-13(2-4-14)17-20-15(12-24-17)11-21-7-9-22(10-8-21)16(23)5-6-19;/h1-4,12H,5-11,19H2;1H. The molecule has 2 aromatic rings. The maximum absolute atomic E-state index is 13.0. The van der Waals surface area contributed by atoms with Crippen molar-refractivity contribution in [3.63, 3.8) is 0 Å². The summed E-state index contributed by atoms with van der Waals surface area (Å²) in [7, 11) is 0. The highest BCUT2D eigenvalue weighted by Crippen LogP contribution is 2.24. The van der Waals surface area contributed by atoms with E-state index < -0.39 is 0 Å². The van der Waals surface area contributed by atoms with Crippen LogP contribution in [0.15, 0.2) is 29.6 Å². The zero-order chi connectivity index (χ0) is 16.9. The first-order chi connectivity index (χ1) is 11.7. The number of aromatic nitrogens is 1. The lowest BCUT2D eigenvalue weighted by Crippen LogP contribution is -2.48. The number of carbonyl (C=O) groups is 1. The van der Waals surface area contributed by atoms with Gasteiger partial charge in [-0.05, 0) is 24.3 Å². The smallest absolute Gasteiger partial charge is 0.223 e. The average molecular weight is 385 g/mol. The van der Waals surface area contributed by atoms with E-state index in [1.54, 1.807) is 23.5 Å². The van der Waals surface area contributed by atoms with Gasteiger partial charge in [-0.1, -0.05) is 0 Å². The molecule has 1 fully saturated rings. The fourth-order valence-corrected chi connectivity index (χ4v) is 3.59. The summed E-state index contributed by atoms with van der Waals surface area (Å²) in [5.74, 6) is -0.0954. The molecule has 25 heavy (non-hydrogen) atoms. The molecule has 2 heterocycles. The van der Waals surface area contributed by atoms with Crippen molar-refractivity contribution in [1.82, 2.24) is 14.8 Å². The van der Waals surface area contributed by atoms with E-state index >= 15 is 0 Å². The Balaban J connectivity index is 0.00000225. The molecule has 1 saturated heterocycles. The van der Waals surface area contributed by atoms with Gasteiger partial charge in [0.15, 0.2) is 0 Å². The van der Waals surface area contributed by atoms with Crippen molar-refractivity contribution in [1.29, 1.82) is 0 Å². The highest BCUT2D eigenvalue weighted by Gasteiger charge is 2.21. The van der Waals surface area contributed by atoms with Crippen LogP contribution in [0, 0.1) is 5.82 Å². The number of hydrogen-bond donors (Lipinski definition) is 1. The van der Waals surface area contributed by atoms with Crippen LogP contribution in [0.4, 0.5) is 4.39 Å². The number of rotatable bonds is 5. The molecule has 0 atom stereocenters. The van der Waals surface area contributed by atoms with E-state index in [-0.39, 0.29) is 24.1 Å². The zero-order valence-corrected chi connectivity index (χ0v) is 15.5. The van der Waals surface area contributed by atoms with Gasteiger partial charge in [-0.15, -0.1) is 23.7 Å². The third-order valence-corrected chi connectivity index (χ3v) is 5.05. The molecular formula is C17H22ClFN4OS. The summed E-state index contributed by atoms with van der Waals surface area (Å²) in [6.07, 6.45) is 0.424. The molecule has 1 amide bonds. The second-order valence-electron chi connectivity index (χ2n) is 5.85. The van der Waals surface area contributed by atoms with E-state index in [0.29, 0.717) is 13.0 Å². The molecule has 0 aliphatic carbocycles. The molecular weight excluding hydrogens is 363 g/mol. The summed E-state index contributed by atoms with van der Waals surface area (Å²) in [6, 6.07) is 6.40. The van der Waals surface area contributed by atoms with Gasteiger partial charge in [-0.2, -0.15) is 0 Å². The van der Waals surface area contributed by atoms with Crippen molar-refractivity contribution in [2.45, 2.75) is 13.0 Å². The van der Waals surface area contributed by atoms with Crippen molar-refractivity contribution in [3.05, 3.63) is 41.2 Å². The van der Waals surface area contributed by atoms with Crippen molar-refractivity contribution in [3.8, 4) is 10.6 Å². The van der Waals surface area contributed by atoms with E-state index in [0.717, 1.165) is 49.0 Å². The minimum absolute atomic E-state index is 0. The molecule has 136 valence electrons. The first kappa shape index (κ1) is 19.8. The summed E-state index contributed by atoms with van der Waals surface area (Å²) < 4.78 is 13.0. The number of benzene rings is 1. The molecule has 0 saturated carbocycles. The topological polar surface area (TPSA) is 62.5 Å². The van der Waals surface area contributed by atoms with Crippen LogP contribution in [0.3, 0.4) is 0 Å². The van der Waals surface area contributed by atoms with E-state index in [4.69, 9.17) is 5.73 Å². The quantitative estimate of drug-likeness (QED) is 0.859. The number of amides is 1. The third-order valence-electron chi connectivity index (χ3n) is 4.11. The van der Waals surface area contributed by atoms with Gasteiger partial charge in [-0.25, -0.2) is 9.37 Å². The number of thiazole rings is 1. The largest absolute Gasteiger partial charge is 0.340 e. The molecule has 1 aromatic heterocycles. The van der Waals surface area contributed by atoms with Crippen LogP contribution < -0.4 is 5.73 Å². The van der Waals surface area contributed by atoms with E-state index in [1.165, 1.54) is 12.1 Å². The fourth-order valence-electron chi connectivity index (χ4n) is 2.77. The Hall–Kier alpha value is -1.54. The Morgan fingerprint density at radius 1 is 1.20 bits per heavy atom. The number of hydrogen-bond acceptors (Lipinski definition) is 5. The monoisotopic (exact) mass is 384 g/mol. The van der Waals surface area contributed by atoms with E-state index in [1.807, 2.05) is 10.3 Å². The lowest BCUT2D eigenvalue weighted by atomic mass is 10.2. The van der Waals surface area contributed by atoms with Gasteiger partial charge in [-0.3, -0.25) is 9.69 Å². The lowest BCUT2D eigenvalue weighted by Gasteiger charge is -2.34. The van der Waals surface area contributed by atoms with Crippen LogP contribution in [0.25, 0.3) is 10.6 Å². The second kappa shape index (κ2) is 9.24.